The normalized spacial score (nSPS) is 14.5. The van der Waals surface area contributed by atoms with Crippen molar-refractivity contribution >= 4 is 0 Å². The van der Waals surface area contributed by atoms with Gasteiger partial charge in [0, 0.05) is 48.6 Å². The number of imidazole rings is 1. The van der Waals surface area contributed by atoms with Crippen molar-refractivity contribution in [2.24, 2.45) is 5.92 Å². The first-order chi connectivity index (χ1) is 15.1. The lowest BCUT2D eigenvalue weighted by atomic mass is 10.0. The number of aliphatic hydroxyl groups is 1. The zero-order valence-corrected chi connectivity index (χ0v) is 17.1. The molecule has 1 N–H and O–H groups in total. The SMILES string of the molecule is C[C@H](O)c1nccn1Cc1cc(-c2ccc(C#CC#CC3CN(CC#N)C3)cc2)on1. The van der Waals surface area contributed by atoms with Crippen molar-refractivity contribution in [1.29, 1.82) is 5.26 Å². The zero-order chi connectivity index (χ0) is 21.6. The molecule has 31 heavy (non-hydrogen) atoms. The van der Waals surface area contributed by atoms with Gasteiger partial charge in [0.15, 0.2) is 5.76 Å². The van der Waals surface area contributed by atoms with E-state index in [1.54, 1.807) is 19.3 Å². The summed E-state index contributed by atoms with van der Waals surface area (Å²) in [5.74, 6) is 13.5. The van der Waals surface area contributed by atoms with Crippen LogP contribution >= 0.6 is 0 Å². The average molecular weight is 411 g/mol. The second kappa shape index (κ2) is 9.32. The minimum Gasteiger partial charge on any atom is -0.385 e. The number of nitrogens with zero attached hydrogens (tertiary/aromatic N) is 5. The third-order valence-electron chi connectivity index (χ3n) is 4.98. The van der Waals surface area contributed by atoms with E-state index in [1.165, 1.54) is 0 Å². The summed E-state index contributed by atoms with van der Waals surface area (Å²) < 4.78 is 7.32. The predicted octanol–water partition coefficient (Wildman–Crippen LogP) is 2.45. The van der Waals surface area contributed by atoms with Gasteiger partial charge in [-0.25, -0.2) is 4.98 Å². The third kappa shape index (κ3) is 5.02. The first kappa shape index (κ1) is 20.4. The van der Waals surface area contributed by atoms with Crippen LogP contribution in [0.25, 0.3) is 11.3 Å². The Bertz CT molecular complexity index is 1200. The Morgan fingerprint density at radius 2 is 2.06 bits per heavy atom. The van der Waals surface area contributed by atoms with Gasteiger partial charge < -0.3 is 14.2 Å². The standard InChI is InChI=1S/C24H21N5O2/c1-18(30)24-26-11-13-29(24)17-22-14-23(31-27-22)21-8-6-19(7-9-21)4-2-3-5-20-15-28(16-20)12-10-25/h6-9,11,13-14,18,20,30H,12,15-17H2,1H3/t18-/m0/s1. The molecule has 7 heteroatoms. The van der Waals surface area contributed by atoms with Gasteiger partial charge in [-0.3, -0.25) is 4.90 Å². The van der Waals surface area contributed by atoms with Crippen LogP contribution < -0.4 is 0 Å². The molecule has 1 aromatic carbocycles. The Morgan fingerprint density at radius 3 is 2.81 bits per heavy atom. The zero-order valence-electron chi connectivity index (χ0n) is 17.1. The van der Waals surface area contributed by atoms with Crippen LogP contribution in [0.1, 0.15) is 30.1 Å². The van der Waals surface area contributed by atoms with Gasteiger partial charge in [0.1, 0.15) is 17.6 Å². The highest BCUT2D eigenvalue weighted by molar-refractivity contribution is 5.59. The van der Waals surface area contributed by atoms with Gasteiger partial charge in [-0.05, 0) is 43.0 Å². The fourth-order valence-electron chi connectivity index (χ4n) is 3.37. The average Bonchev–Trinajstić information content (AvgIpc) is 3.39. The number of likely N-dealkylation sites (tertiary alicyclic amines) is 1. The second-order valence-corrected chi connectivity index (χ2v) is 7.42. The number of aliphatic hydroxyl groups excluding tert-OH is 1. The lowest BCUT2D eigenvalue weighted by Crippen LogP contribution is -2.45. The van der Waals surface area contributed by atoms with Gasteiger partial charge in [0.05, 0.1) is 19.2 Å². The van der Waals surface area contributed by atoms with E-state index in [9.17, 15) is 5.11 Å². The van der Waals surface area contributed by atoms with E-state index in [0.717, 1.165) is 29.9 Å². The molecule has 4 rings (SSSR count). The summed E-state index contributed by atoms with van der Waals surface area (Å²) in [6.45, 7) is 4.31. The van der Waals surface area contributed by atoms with Crippen LogP contribution in [0.4, 0.5) is 0 Å². The minimum absolute atomic E-state index is 0.310. The van der Waals surface area contributed by atoms with Crippen molar-refractivity contribution in [2.45, 2.75) is 19.6 Å². The summed E-state index contributed by atoms with van der Waals surface area (Å²) in [7, 11) is 0. The van der Waals surface area contributed by atoms with Gasteiger partial charge in [-0.2, -0.15) is 5.26 Å². The molecule has 0 spiro atoms. The molecule has 7 nitrogen and oxygen atoms in total. The van der Waals surface area contributed by atoms with Crippen LogP contribution in [-0.2, 0) is 6.54 Å². The van der Waals surface area contributed by atoms with E-state index in [-0.39, 0.29) is 0 Å². The van der Waals surface area contributed by atoms with Crippen molar-refractivity contribution in [3.8, 4) is 41.1 Å². The summed E-state index contributed by atoms with van der Waals surface area (Å²) in [5.41, 5.74) is 2.53. The summed E-state index contributed by atoms with van der Waals surface area (Å²) >= 11 is 0. The largest absolute Gasteiger partial charge is 0.385 e. The van der Waals surface area contributed by atoms with Crippen molar-refractivity contribution in [2.75, 3.05) is 19.6 Å². The van der Waals surface area contributed by atoms with E-state index >= 15 is 0 Å². The summed E-state index contributed by atoms with van der Waals surface area (Å²) in [5, 5.41) is 22.5. The monoisotopic (exact) mass is 411 g/mol. The molecular weight excluding hydrogens is 390 g/mol. The first-order valence-electron chi connectivity index (χ1n) is 9.98. The molecular formula is C24H21N5O2. The van der Waals surface area contributed by atoms with E-state index in [0.29, 0.717) is 30.6 Å². The van der Waals surface area contributed by atoms with E-state index in [1.807, 2.05) is 34.9 Å². The van der Waals surface area contributed by atoms with Crippen LogP contribution in [0.3, 0.4) is 0 Å². The molecule has 1 fully saturated rings. The maximum absolute atomic E-state index is 9.77. The number of nitriles is 1. The van der Waals surface area contributed by atoms with Crippen molar-refractivity contribution in [1.82, 2.24) is 19.6 Å². The number of benzene rings is 1. The van der Waals surface area contributed by atoms with Crippen LogP contribution in [0.5, 0.6) is 0 Å². The highest BCUT2D eigenvalue weighted by Crippen LogP contribution is 2.22. The third-order valence-corrected chi connectivity index (χ3v) is 4.98. The van der Waals surface area contributed by atoms with Gasteiger partial charge in [0.25, 0.3) is 0 Å². The smallest absolute Gasteiger partial charge is 0.167 e. The molecule has 0 amide bonds. The van der Waals surface area contributed by atoms with Crippen LogP contribution in [0, 0.1) is 40.9 Å². The van der Waals surface area contributed by atoms with Crippen molar-refractivity contribution in [3.63, 3.8) is 0 Å². The molecule has 0 saturated carbocycles. The highest BCUT2D eigenvalue weighted by Gasteiger charge is 2.23. The minimum atomic E-state index is -0.647. The number of rotatable bonds is 5. The number of hydrogen-bond donors (Lipinski definition) is 1. The molecule has 3 heterocycles. The van der Waals surface area contributed by atoms with Gasteiger partial charge >= 0.3 is 0 Å². The van der Waals surface area contributed by atoms with Crippen LogP contribution in [0.15, 0.2) is 47.2 Å². The first-order valence-corrected chi connectivity index (χ1v) is 9.98. The summed E-state index contributed by atoms with van der Waals surface area (Å²) in [6.07, 6.45) is 2.81. The fraction of sp³-hybridized carbons (Fsp3) is 0.292. The highest BCUT2D eigenvalue weighted by atomic mass is 16.5. The van der Waals surface area contributed by atoms with E-state index in [2.05, 4.69) is 44.8 Å². The molecule has 2 aromatic heterocycles. The molecule has 154 valence electrons. The predicted molar refractivity (Wildman–Crippen MR) is 114 cm³/mol. The Morgan fingerprint density at radius 1 is 1.26 bits per heavy atom. The van der Waals surface area contributed by atoms with E-state index in [4.69, 9.17) is 9.78 Å². The topological polar surface area (TPSA) is 91.1 Å². The van der Waals surface area contributed by atoms with Crippen LogP contribution in [0.2, 0.25) is 0 Å². The quantitative estimate of drug-likeness (QED) is 0.512. The van der Waals surface area contributed by atoms with Crippen molar-refractivity contribution in [3.05, 3.63) is 59.8 Å². The molecule has 0 aliphatic carbocycles. The summed E-state index contributed by atoms with van der Waals surface area (Å²) in [6, 6.07) is 11.7. The molecule has 1 aliphatic heterocycles. The number of hydrogen-bond acceptors (Lipinski definition) is 6. The molecule has 1 aliphatic rings. The maximum Gasteiger partial charge on any atom is 0.167 e. The van der Waals surface area contributed by atoms with Crippen LogP contribution in [-0.4, -0.2) is 44.3 Å². The molecule has 1 saturated heterocycles. The maximum atomic E-state index is 9.77. The van der Waals surface area contributed by atoms with E-state index < -0.39 is 6.10 Å². The number of aromatic nitrogens is 3. The fourth-order valence-corrected chi connectivity index (χ4v) is 3.37. The molecule has 3 aromatic rings. The van der Waals surface area contributed by atoms with Crippen molar-refractivity contribution < 1.29 is 9.63 Å². The summed E-state index contributed by atoms with van der Waals surface area (Å²) in [4.78, 5) is 6.22. The lowest BCUT2D eigenvalue weighted by Gasteiger charge is -2.33. The lowest BCUT2D eigenvalue weighted by molar-refractivity contribution is 0.157. The Hall–Kier alpha value is -3.83. The molecule has 0 radical (unpaired) electrons. The molecule has 1 atom stereocenters. The van der Waals surface area contributed by atoms with Gasteiger partial charge in [-0.15, -0.1) is 0 Å². The van der Waals surface area contributed by atoms with Gasteiger partial charge in [0.2, 0.25) is 0 Å². The Labute approximate surface area is 180 Å². The molecule has 0 bridgehead atoms. The molecule has 0 unspecified atom stereocenters. The van der Waals surface area contributed by atoms with Gasteiger partial charge in [-0.1, -0.05) is 17.0 Å². The Balaban J connectivity index is 1.35. The Kier molecular flexibility index (Phi) is 6.15. The second-order valence-electron chi connectivity index (χ2n) is 7.42.